The van der Waals surface area contributed by atoms with Crippen molar-refractivity contribution >= 4 is 28.7 Å². The van der Waals surface area contributed by atoms with Crippen LogP contribution in [0.5, 0.6) is 0 Å². The molecule has 1 aromatic rings. The van der Waals surface area contributed by atoms with Crippen LogP contribution in [0.3, 0.4) is 0 Å². The minimum absolute atomic E-state index is 0.0318. The van der Waals surface area contributed by atoms with Crippen LogP contribution in [0.25, 0.3) is 0 Å². The van der Waals surface area contributed by atoms with Crippen LogP contribution in [0.1, 0.15) is 39.2 Å². The summed E-state index contributed by atoms with van der Waals surface area (Å²) in [4.78, 5) is 24.2. The fourth-order valence-electron chi connectivity index (χ4n) is 2.98. The molecule has 1 amide bonds. The first kappa shape index (κ1) is 22.0. The molecule has 11 heteroatoms. The molecule has 9 nitrogen and oxygen atoms in total. The first-order valence-corrected chi connectivity index (χ1v) is 9.81. The number of carbonyl (C=O) groups is 1. The molecule has 28 heavy (non-hydrogen) atoms. The minimum Gasteiger partial charge on any atom is -0.444 e. The van der Waals surface area contributed by atoms with Gasteiger partial charge in [0.05, 0.1) is 10.6 Å². The summed E-state index contributed by atoms with van der Waals surface area (Å²) < 4.78 is 42.4. The number of nitro benzene ring substituents is 1. The lowest BCUT2D eigenvalue weighted by atomic mass is 9.86. The van der Waals surface area contributed by atoms with Crippen LogP contribution in [0.4, 0.5) is 20.6 Å². The Bertz CT molecular complexity index is 775. The number of hydrogen-bond donors (Lipinski definition) is 2. The third-order valence-electron chi connectivity index (χ3n) is 4.31. The molecule has 0 bridgehead atoms. The van der Waals surface area contributed by atoms with Crippen molar-refractivity contribution < 1.29 is 27.6 Å². The van der Waals surface area contributed by atoms with Crippen LogP contribution in [-0.2, 0) is 22.4 Å². The third kappa shape index (κ3) is 6.13. The zero-order chi connectivity index (χ0) is 21.1. The van der Waals surface area contributed by atoms with Crippen molar-refractivity contribution in [2.24, 2.45) is 0 Å². The van der Waals surface area contributed by atoms with E-state index in [1.807, 2.05) is 0 Å². The van der Waals surface area contributed by atoms with Gasteiger partial charge in [0.2, 0.25) is 0 Å². The first-order valence-electron chi connectivity index (χ1n) is 8.70. The van der Waals surface area contributed by atoms with E-state index >= 15 is 4.39 Å². The van der Waals surface area contributed by atoms with Crippen LogP contribution < -0.4 is 4.72 Å². The number of hydrogen-bond acceptors (Lipinski definition) is 5. The topological polar surface area (TPSA) is 122 Å². The third-order valence-corrected chi connectivity index (χ3v) is 4.72. The maximum absolute atomic E-state index is 15.3. The van der Waals surface area contributed by atoms with E-state index < -0.39 is 33.6 Å². The molecule has 0 saturated carbocycles. The van der Waals surface area contributed by atoms with Crippen LogP contribution in [0, 0.1) is 10.1 Å². The maximum atomic E-state index is 15.3. The van der Waals surface area contributed by atoms with E-state index in [1.165, 1.54) is 17.0 Å². The summed E-state index contributed by atoms with van der Waals surface area (Å²) in [7, 11) is 0. The summed E-state index contributed by atoms with van der Waals surface area (Å²) in [6.45, 7) is 5.56. The van der Waals surface area contributed by atoms with E-state index in [0.29, 0.717) is 0 Å². The van der Waals surface area contributed by atoms with Gasteiger partial charge in [0, 0.05) is 31.1 Å². The standard InChI is InChI=1S/C17H24FN3O6S/c1-16(2,3)27-15(22)20-8-6-17(18,7-9-20)11-12-4-5-13(19-28(25)26)10-14(12)21(23)24/h4-5,10,19H,6-9,11H2,1-3H3,(H,25,26). The number of halogens is 1. The molecular formula is C17H24FN3O6S. The smallest absolute Gasteiger partial charge is 0.410 e. The Kier molecular flexibility index (Phi) is 6.60. The molecule has 2 N–H and O–H groups in total. The molecule has 1 atom stereocenters. The Balaban J connectivity index is 2.08. The summed E-state index contributed by atoms with van der Waals surface area (Å²) in [6, 6.07) is 3.85. The molecule has 0 spiro atoms. The highest BCUT2D eigenvalue weighted by atomic mass is 32.2. The van der Waals surface area contributed by atoms with Crippen LogP contribution in [-0.4, -0.2) is 49.0 Å². The van der Waals surface area contributed by atoms with Gasteiger partial charge in [-0.05, 0) is 45.7 Å². The second-order valence-corrected chi connectivity index (χ2v) is 8.45. The highest BCUT2D eigenvalue weighted by Crippen LogP contribution is 2.34. The number of nitrogens with zero attached hydrogens (tertiary/aromatic N) is 2. The summed E-state index contributed by atoms with van der Waals surface area (Å²) in [5.41, 5.74) is -2.40. The Morgan fingerprint density at radius 3 is 2.54 bits per heavy atom. The number of rotatable bonds is 5. The molecule has 2 rings (SSSR count). The monoisotopic (exact) mass is 417 g/mol. The lowest BCUT2D eigenvalue weighted by molar-refractivity contribution is -0.385. The van der Waals surface area contributed by atoms with Crippen molar-refractivity contribution in [3.63, 3.8) is 0 Å². The lowest BCUT2D eigenvalue weighted by Crippen LogP contribution is -2.47. The fourth-order valence-corrected chi connectivity index (χ4v) is 3.31. The number of nitrogens with one attached hydrogen (secondary N) is 1. The Labute approximate surface area is 164 Å². The molecule has 0 aliphatic carbocycles. The summed E-state index contributed by atoms with van der Waals surface area (Å²) in [5, 5.41) is 11.3. The van der Waals surface area contributed by atoms with E-state index in [4.69, 9.17) is 9.29 Å². The second kappa shape index (κ2) is 8.39. The maximum Gasteiger partial charge on any atom is 0.410 e. The average Bonchev–Trinajstić information content (AvgIpc) is 2.54. The number of likely N-dealkylation sites (tertiary alicyclic amines) is 1. The van der Waals surface area contributed by atoms with Crippen LogP contribution in [0.2, 0.25) is 0 Å². The molecule has 1 aliphatic rings. The van der Waals surface area contributed by atoms with Gasteiger partial charge in [0.1, 0.15) is 11.3 Å². The van der Waals surface area contributed by atoms with Gasteiger partial charge in [0.25, 0.3) is 17.0 Å². The Morgan fingerprint density at radius 2 is 2.04 bits per heavy atom. The number of benzene rings is 1. The van der Waals surface area contributed by atoms with Gasteiger partial charge < -0.3 is 9.64 Å². The molecule has 1 saturated heterocycles. The normalized spacial score (nSPS) is 17.7. The highest BCUT2D eigenvalue weighted by Gasteiger charge is 2.38. The lowest BCUT2D eigenvalue weighted by Gasteiger charge is -2.37. The van der Waals surface area contributed by atoms with Crippen molar-refractivity contribution in [3.05, 3.63) is 33.9 Å². The molecule has 1 aromatic carbocycles. The first-order chi connectivity index (χ1) is 12.9. The predicted octanol–water partition coefficient (Wildman–Crippen LogP) is 3.43. The Hall–Kier alpha value is -2.27. The number of ether oxygens (including phenoxy) is 1. The molecule has 1 aliphatic heterocycles. The van der Waals surface area contributed by atoms with Crippen LogP contribution in [0.15, 0.2) is 18.2 Å². The van der Waals surface area contributed by atoms with E-state index in [-0.39, 0.29) is 49.3 Å². The van der Waals surface area contributed by atoms with E-state index in [2.05, 4.69) is 4.72 Å². The summed E-state index contributed by atoms with van der Waals surface area (Å²) in [6.07, 6.45) is -0.629. The van der Waals surface area contributed by atoms with Gasteiger partial charge >= 0.3 is 6.09 Å². The van der Waals surface area contributed by atoms with Gasteiger partial charge in [-0.15, -0.1) is 0 Å². The van der Waals surface area contributed by atoms with Gasteiger partial charge in [-0.3, -0.25) is 19.4 Å². The van der Waals surface area contributed by atoms with Crippen molar-refractivity contribution in [2.45, 2.75) is 51.3 Å². The van der Waals surface area contributed by atoms with Gasteiger partial charge in [-0.25, -0.2) is 13.4 Å². The number of anilines is 1. The molecule has 1 unspecified atom stereocenters. The van der Waals surface area contributed by atoms with Crippen LogP contribution >= 0.6 is 0 Å². The van der Waals surface area contributed by atoms with E-state index in [0.717, 1.165) is 6.07 Å². The number of alkyl halides is 1. The molecule has 0 aromatic heterocycles. The van der Waals surface area contributed by atoms with Crippen molar-refractivity contribution in [2.75, 3.05) is 17.8 Å². The van der Waals surface area contributed by atoms with Gasteiger partial charge in [0.15, 0.2) is 0 Å². The molecule has 0 radical (unpaired) electrons. The zero-order valence-corrected chi connectivity index (χ0v) is 16.8. The van der Waals surface area contributed by atoms with Gasteiger partial charge in [-0.1, -0.05) is 0 Å². The van der Waals surface area contributed by atoms with Gasteiger partial charge in [-0.2, -0.15) is 0 Å². The average molecular weight is 417 g/mol. The van der Waals surface area contributed by atoms with Crippen molar-refractivity contribution in [3.8, 4) is 0 Å². The molecular weight excluding hydrogens is 393 g/mol. The number of piperidine rings is 1. The second-order valence-electron chi connectivity index (χ2n) is 7.75. The van der Waals surface area contributed by atoms with E-state index in [1.54, 1.807) is 20.8 Å². The largest absolute Gasteiger partial charge is 0.444 e. The SMILES string of the molecule is CC(C)(C)OC(=O)N1CCC(F)(Cc2ccc(NS(=O)O)cc2[N+](=O)[O-])CC1. The zero-order valence-electron chi connectivity index (χ0n) is 15.9. The number of amides is 1. The number of nitro groups is 1. The quantitative estimate of drug-likeness (QED) is 0.430. The Morgan fingerprint density at radius 1 is 1.43 bits per heavy atom. The minimum atomic E-state index is -2.37. The molecule has 156 valence electrons. The molecule has 1 heterocycles. The molecule has 1 fully saturated rings. The fraction of sp³-hybridized carbons (Fsp3) is 0.588. The van der Waals surface area contributed by atoms with Crippen molar-refractivity contribution in [1.29, 1.82) is 0 Å². The summed E-state index contributed by atoms with van der Waals surface area (Å²) >= 11 is -2.37. The van der Waals surface area contributed by atoms with E-state index in [9.17, 15) is 19.1 Å². The predicted molar refractivity (Wildman–Crippen MR) is 102 cm³/mol. The highest BCUT2D eigenvalue weighted by molar-refractivity contribution is 7.80. The summed E-state index contributed by atoms with van der Waals surface area (Å²) in [5.74, 6) is 0. The van der Waals surface area contributed by atoms with Crippen molar-refractivity contribution in [1.82, 2.24) is 4.90 Å². The number of carbonyl (C=O) groups excluding carboxylic acids is 1.